The van der Waals surface area contributed by atoms with E-state index in [9.17, 15) is 14.4 Å². The highest BCUT2D eigenvalue weighted by atomic mass is 79.9. The Labute approximate surface area is 151 Å². The molecule has 25 heavy (non-hydrogen) atoms. The first-order valence-corrected chi connectivity index (χ1v) is 8.58. The van der Waals surface area contributed by atoms with Crippen LogP contribution >= 0.6 is 15.9 Å². The Morgan fingerprint density at radius 2 is 1.76 bits per heavy atom. The summed E-state index contributed by atoms with van der Waals surface area (Å²) in [4.78, 5) is 41.4. The van der Waals surface area contributed by atoms with Crippen molar-refractivity contribution in [3.63, 3.8) is 0 Å². The van der Waals surface area contributed by atoms with E-state index in [1.165, 1.54) is 16.2 Å². The molecule has 0 aliphatic heterocycles. The Kier molecular flexibility index (Phi) is 4.47. The van der Waals surface area contributed by atoms with Gasteiger partial charge in [0.05, 0.1) is 6.54 Å². The van der Waals surface area contributed by atoms with E-state index in [1.54, 1.807) is 19.2 Å². The second-order valence-corrected chi connectivity index (χ2v) is 6.53. The molecule has 0 bridgehead atoms. The molecule has 0 radical (unpaired) electrons. The van der Waals surface area contributed by atoms with Crippen LogP contribution in [0.1, 0.15) is 22.8 Å². The molecule has 0 saturated carbocycles. The zero-order valence-corrected chi connectivity index (χ0v) is 15.7. The minimum absolute atomic E-state index is 0.0456. The molecule has 2 heterocycles. The normalized spacial score (nSPS) is 11.2. The second kappa shape index (κ2) is 6.44. The minimum Gasteiger partial charge on any atom is -0.305 e. The molecule has 1 aromatic carbocycles. The first kappa shape index (κ1) is 17.3. The van der Waals surface area contributed by atoms with Gasteiger partial charge in [-0.15, -0.1) is 0 Å². The summed E-state index contributed by atoms with van der Waals surface area (Å²) in [6.45, 7) is 2.00. The molecule has 0 spiro atoms. The molecule has 0 atom stereocenters. The van der Waals surface area contributed by atoms with E-state index >= 15 is 0 Å². The smallest absolute Gasteiger partial charge is 0.305 e. The van der Waals surface area contributed by atoms with Gasteiger partial charge in [0.1, 0.15) is 0 Å². The predicted octanol–water partition coefficient (Wildman–Crippen LogP) is 1.64. The first-order chi connectivity index (χ1) is 11.8. The maximum absolute atomic E-state index is 12.6. The van der Waals surface area contributed by atoms with Gasteiger partial charge in [-0.05, 0) is 27.9 Å². The van der Waals surface area contributed by atoms with E-state index in [-0.39, 0.29) is 23.5 Å². The molecule has 130 valence electrons. The van der Waals surface area contributed by atoms with Crippen molar-refractivity contribution in [1.82, 2.24) is 18.7 Å². The molecular weight excluding hydrogens is 388 g/mol. The highest BCUT2D eigenvalue weighted by molar-refractivity contribution is 9.10. The molecule has 0 amide bonds. The summed E-state index contributed by atoms with van der Waals surface area (Å²) in [5, 5.41) is 0. The van der Waals surface area contributed by atoms with Gasteiger partial charge in [0.15, 0.2) is 21.7 Å². The van der Waals surface area contributed by atoms with Crippen molar-refractivity contribution >= 4 is 32.9 Å². The SMILES string of the molecule is CCc1ccc(C(=O)Cn2c(Br)nc3c2c(=O)n(C)c(=O)n3C)cc1. The van der Waals surface area contributed by atoms with Crippen LogP contribution in [0.25, 0.3) is 11.2 Å². The number of aromatic nitrogens is 4. The lowest BCUT2D eigenvalue weighted by atomic mass is 10.1. The summed E-state index contributed by atoms with van der Waals surface area (Å²) in [6.07, 6.45) is 0.899. The van der Waals surface area contributed by atoms with Gasteiger partial charge in [0.25, 0.3) is 5.56 Å². The minimum atomic E-state index is -0.481. The molecule has 0 saturated heterocycles. The lowest BCUT2D eigenvalue weighted by Gasteiger charge is -2.07. The summed E-state index contributed by atoms with van der Waals surface area (Å²) in [5.74, 6) is -0.140. The first-order valence-electron chi connectivity index (χ1n) is 7.79. The molecule has 2 aromatic heterocycles. The van der Waals surface area contributed by atoms with Gasteiger partial charge in [0, 0.05) is 19.7 Å². The summed E-state index contributed by atoms with van der Waals surface area (Å²) in [7, 11) is 2.94. The molecule has 0 N–H and O–H groups in total. The van der Waals surface area contributed by atoms with Gasteiger partial charge in [-0.3, -0.25) is 18.7 Å². The molecule has 7 nitrogen and oxygen atoms in total. The van der Waals surface area contributed by atoms with Gasteiger partial charge in [-0.2, -0.15) is 0 Å². The molecule has 0 unspecified atom stereocenters. The van der Waals surface area contributed by atoms with Crippen LogP contribution in [0.15, 0.2) is 38.6 Å². The number of hydrogen-bond donors (Lipinski definition) is 0. The summed E-state index contributed by atoms with van der Waals surface area (Å²) in [6, 6.07) is 7.39. The van der Waals surface area contributed by atoms with Crippen molar-refractivity contribution in [1.29, 1.82) is 0 Å². The quantitative estimate of drug-likeness (QED) is 0.489. The number of aryl methyl sites for hydroxylation is 2. The van der Waals surface area contributed by atoms with Crippen LogP contribution in [0, 0.1) is 0 Å². The third-order valence-electron chi connectivity index (χ3n) is 4.29. The van der Waals surface area contributed by atoms with Crippen LogP contribution in [-0.4, -0.2) is 24.5 Å². The van der Waals surface area contributed by atoms with Crippen molar-refractivity contribution in [3.8, 4) is 0 Å². The zero-order chi connectivity index (χ0) is 18.3. The molecular formula is C17H17BrN4O3. The van der Waals surface area contributed by atoms with Crippen LogP contribution in [0.5, 0.6) is 0 Å². The van der Waals surface area contributed by atoms with E-state index < -0.39 is 11.2 Å². The van der Waals surface area contributed by atoms with Crippen molar-refractivity contribution < 1.29 is 4.79 Å². The van der Waals surface area contributed by atoms with Crippen LogP contribution in [-0.2, 0) is 27.1 Å². The standard InChI is InChI=1S/C17H17BrN4O3/c1-4-10-5-7-11(8-6-10)12(23)9-22-13-14(19-16(22)18)20(2)17(25)21(3)15(13)24/h5-8H,4,9H2,1-3H3. The highest BCUT2D eigenvalue weighted by Crippen LogP contribution is 2.17. The van der Waals surface area contributed by atoms with Crippen molar-refractivity contribution in [2.45, 2.75) is 19.9 Å². The van der Waals surface area contributed by atoms with Gasteiger partial charge in [-0.25, -0.2) is 9.78 Å². The molecule has 0 fully saturated rings. The number of imidazole rings is 1. The number of carbonyl (C=O) groups is 1. The van der Waals surface area contributed by atoms with Crippen LogP contribution in [0.4, 0.5) is 0 Å². The third-order valence-corrected chi connectivity index (χ3v) is 4.89. The van der Waals surface area contributed by atoms with Crippen molar-refractivity contribution in [2.75, 3.05) is 0 Å². The maximum atomic E-state index is 12.6. The van der Waals surface area contributed by atoms with Crippen LogP contribution < -0.4 is 11.2 Å². The van der Waals surface area contributed by atoms with Crippen molar-refractivity contribution in [3.05, 3.63) is 61.0 Å². The zero-order valence-electron chi connectivity index (χ0n) is 14.1. The fraction of sp³-hybridized carbons (Fsp3) is 0.294. The lowest BCUT2D eigenvalue weighted by molar-refractivity contribution is 0.0972. The summed E-state index contributed by atoms with van der Waals surface area (Å²) >= 11 is 3.29. The van der Waals surface area contributed by atoms with Gasteiger partial charge in [0.2, 0.25) is 0 Å². The highest BCUT2D eigenvalue weighted by Gasteiger charge is 2.20. The van der Waals surface area contributed by atoms with E-state index in [4.69, 9.17) is 0 Å². The molecule has 3 rings (SSSR count). The second-order valence-electron chi connectivity index (χ2n) is 5.82. The number of benzene rings is 1. The predicted molar refractivity (Wildman–Crippen MR) is 98.1 cm³/mol. The Balaban J connectivity index is 2.10. The average Bonchev–Trinajstić information content (AvgIpc) is 2.94. The topological polar surface area (TPSA) is 78.9 Å². The van der Waals surface area contributed by atoms with E-state index in [0.717, 1.165) is 16.6 Å². The Morgan fingerprint density at radius 1 is 1.12 bits per heavy atom. The number of halogens is 1. The average molecular weight is 405 g/mol. The largest absolute Gasteiger partial charge is 0.332 e. The van der Waals surface area contributed by atoms with Gasteiger partial charge >= 0.3 is 5.69 Å². The fourth-order valence-corrected chi connectivity index (χ4v) is 3.20. The van der Waals surface area contributed by atoms with E-state index in [0.29, 0.717) is 10.3 Å². The van der Waals surface area contributed by atoms with Gasteiger partial charge < -0.3 is 4.57 Å². The molecule has 3 aromatic rings. The number of hydrogen-bond acceptors (Lipinski definition) is 4. The van der Waals surface area contributed by atoms with E-state index in [1.807, 2.05) is 19.1 Å². The Bertz CT molecular complexity index is 1090. The number of nitrogens with zero attached hydrogens (tertiary/aromatic N) is 4. The number of ketones is 1. The van der Waals surface area contributed by atoms with E-state index in [2.05, 4.69) is 20.9 Å². The Hall–Kier alpha value is -2.48. The number of rotatable bonds is 4. The number of carbonyl (C=O) groups excluding carboxylic acids is 1. The van der Waals surface area contributed by atoms with Crippen molar-refractivity contribution in [2.24, 2.45) is 14.1 Å². The molecule has 0 aliphatic rings. The maximum Gasteiger partial charge on any atom is 0.332 e. The molecule has 0 aliphatic carbocycles. The lowest BCUT2D eigenvalue weighted by Crippen LogP contribution is -2.37. The fourth-order valence-electron chi connectivity index (χ4n) is 2.73. The molecule has 8 heteroatoms. The number of fused-ring (bicyclic) bond motifs is 1. The third kappa shape index (κ3) is 2.86. The van der Waals surface area contributed by atoms with Gasteiger partial charge in [-0.1, -0.05) is 31.2 Å². The summed E-state index contributed by atoms with van der Waals surface area (Å²) in [5.41, 5.74) is 1.23. The monoisotopic (exact) mass is 404 g/mol. The number of Topliss-reactive ketones (excluding diaryl/α,β-unsaturated/α-hetero) is 1. The van der Waals surface area contributed by atoms with Crippen LogP contribution in [0.2, 0.25) is 0 Å². The Morgan fingerprint density at radius 3 is 2.36 bits per heavy atom. The van der Waals surface area contributed by atoms with Crippen LogP contribution in [0.3, 0.4) is 0 Å². The summed E-state index contributed by atoms with van der Waals surface area (Å²) < 4.78 is 4.12.